The number of guanidine groups is 1. The molecule has 2 heterocycles. The zero-order valence-corrected chi connectivity index (χ0v) is 16.3. The number of aromatic nitrogens is 1. The number of likely N-dealkylation sites (tertiary alicyclic amines) is 1. The summed E-state index contributed by atoms with van der Waals surface area (Å²) in [7, 11) is 0. The molecular formula is C18H30F3N5O. The summed E-state index contributed by atoms with van der Waals surface area (Å²) in [5.41, 5.74) is 0.946. The van der Waals surface area contributed by atoms with Gasteiger partial charge in [0.15, 0.2) is 11.7 Å². The SMILES string of the molecule is CCNC(=NCc1cc(C(CC)CC)no1)NC1CCN(CC(F)(F)F)C1. The van der Waals surface area contributed by atoms with Crippen LogP contribution in [-0.2, 0) is 6.54 Å². The van der Waals surface area contributed by atoms with Gasteiger partial charge in [0.25, 0.3) is 0 Å². The second-order valence-corrected chi connectivity index (χ2v) is 6.91. The van der Waals surface area contributed by atoms with Crippen molar-refractivity contribution in [1.29, 1.82) is 0 Å². The molecule has 0 radical (unpaired) electrons. The molecule has 1 atom stereocenters. The second kappa shape index (κ2) is 9.96. The van der Waals surface area contributed by atoms with Crippen LogP contribution in [0.15, 0.2) is 15.6 Å². The molecule has 1 aliphatic heterocycles. The third-order valence-corrected chi connectivity index (χ3v) is 4.73. The van der Waals surface area contributed by atoms with E-state index in [1.165, 1.54) is 4.90 Å². The Morgan fingerprint density at radius 3 is 2.74 bits per heavy atom. The highest BCUT2D eigenvalue weighted by Gasteiger charge is 2.34. The number of hydrogen-bond donors (Lipinski definition) is 2. The van der Waals surface area contributed by atoms with Crippen molar-refractivity contribution < 1.29 is 17.7 Å². The van der Waals surface area contributed by atoms with Crippen LogP contribution in [0.3, 0.4) is 0 Å². The fourth-order valence-electron chi connectivity index (χ4n) is 3.32. The Bertz CT molecular complexity index is 598. The van der Waals surface area contributed by atoms with Gasteiger partial charge in [0.2, 0.25) is 0 Å². The lowest BCUT2D eigenvalue weighted by Crippen LogP contribution is -2.45. The van der Waals surface area contributed by atoms with Crippen molar-refractivity contribution in [2.24, 2.45) is 4.99 Å². The quantitative estimate of drug-likeness (QED) is 0.528. The van der Waals surface area contributed by atoms with Crippen molar-refractivity contribution in [2.75, 3.05) is 26.2 Å². The van der Waals surface area contributed by atoms with Crippen LogP contribution in [0.1, 0.15) is 57.4 Å². The van der Waals surface area contributed by atoms with E-state index < -0.39 is 12.7 Å². The first kappa shape index (κ1) is 21.5. The lowest BCUT2D eigenvalue weighted by atomic mass is 9.99. The van der Waals surface area contributed by atoms with Gasteiger partial charge in [-0.15, -0.1) is 0 Å². The van der Waals surface area contributed by atoms with E-state index in [0.29, 0.717) is 50.2 Å². The van der Waals surface area contributed by atoms with E-state index in [-0.39, 0.29) is 6.04 Å². The lowest BCUT2D eigenvalue weighted by molar-refractivity contribution is -0.143. The van der Waals surface area contributed by atoms with E-state index in [1.807, 2.05) is 13.0 Å². The summed E-state index contributed by atoms with van der Waals surface area (Å²) in [5, 5.41) is 10.5. The predicted molar refractivity (Wildman–Crippen MR) is 98.7 cm³/mol. The molecule has 2 N–H and O–H groups in total. The predicted octanol–water partition coefficient (Wildman–Crippen LogP) is 3.27. The second-order valence-electron chi connectivity index (χ2n) is 6.91. The molecular weight excluding hydrogens is 359 g/mol. The molecule has 0 amide bonds. The average Bonchev–Trinajstić information content (AvgIpc) is 3.22. The third-order valence-electron chi connectivity index (χ3n) is 4.73. The molecule has 1 saturated heterocycles. The molecule has 0 saturated carbocycles. The number of rotatable bonds is 8. The normalized spacial score (nSPS) is 19.1. The monoisotopic (exact) mass is 389 g/mol. The Kier molecular flexibility index (Phi) is 7.94. The van der Waals surface area contributed by atoms with Crippen LogP contribution in [0.2, 0.25) is 0 Å². The Balaban J connectivity index is 1.91. The summed E-state index contributed by atoms with van der Waals surface area (Å²) in [4.78, 5) is 5.91. The highest BCUT2D eigenvalue weighted by atomic mass is 19.4. The minimum Gasteiger partial charge on any atom is -0.359 e. The van der Waals surface area contributed by atoms with E-state index >= 15 is 0 Å². The molecule has 0 aromatic carbocycles. The van der Waals surface area contributed by atoms with Crippen molar-refractivity contribution in [3.05, 3.63) is 17.5 Å². The van der Waals surface area contributed by atoms with Crippen molar-refractivity contribution in [3.8, 4) is 0 Å². The zero-order chi connectivity index (χ0) is 19.9. The molecule has 1 unspecified atom stereocenters. The molecule has 1 aromatic rings. The highest BCUT2D eigenvalue weighted by molar-refractivity contribution is 5.80. The van der Waals surface area contributed by atoms with Crippen LogP contribution < -0.4 is 10.6 Å². The van der Waals surface area contributed by atoms with Gasteiger partial charge < -0.3 is 15.2 Å². The van der Waals surface area contributed by atoms with Gasteiger partial charge in [-0.25, -0.2) is 4.99 Å². The molecule has 1 aliphatic rings. The van der Waals surface area contributed by atoms with Crippen molar-refractivity contribution >= 4 is 5.96 Å². The molecule has 0 bridgehead atoms. The Hall–Kier alpha value is -1.77. The molecule has 6 nitrogen and oxygen atoms in total. The lowest BCUT2D eigenvalue weighted by Gasteiger charge is -2.19. The number of nitrogens with zero attached hydrogens (tertiary/aromatic N) is 3. The van der Waals surface area contributed by atoms with Crippen molar-refractivity contribution in [1.82, 2.24) is 20.7 Å². The molecule has 0 spiro atoms. The van der Waals surface area contributed by atoms with E-state index in [4.69, 9.17) is 4.52 Å². The highest BCUT2D eigenvalue weighted by Crippen LogP contribution is 2.23. The first-order chi connectivity index (χ1) is 12.8. The van der Waals surface area contributed by atoms with E-state index in [1.54, 1.807) is 0 Å². The summed E-state index contributed by atoms with van der Waals surface area (Å²) in [5.74, 6) is 1.65. The van der Waals surface area contributed by atoms with Crippen LogP contribution in [0.5, 0.6) is 0 Å². The molecule has 27 heavy (non-hydrogen) atoms. The topological polar surface area (TPSA) is 65.7 Å². The van der Waals surface area contributed by atoms with Gasteiger partial charge in [-0.3, -0.25) is 4.90 Å². The number of aliphatic imine (C=N–C) groups is 1. The Morgan fingerprint density at radius 2 is 2.11 bits per heavy atom. The maximum atomic E-state index is 12.5. The van der Waals surface area contributed by atoms with E-state index in [9.17, 15) is 13.2 Å². The number of halogens is 3. The summed E-state index contributed by atoms with van der Waals surface area (Å²) >= 11 is 0. The van der Waals surface area contributed by atoms with Crippen LogP contribution in [0, 0.1) is 0 Å². The van der Waals surface area contributed by atoms with Crippen LogP contribution in [-0.4, -0.2) is 54.4 Å². The van der Waals surface area contributed by atoms with Gasteiger partial charge in [0.05, 0.1) is 12.2 Å². The van der Waals surface area contributed by atoms with Gasteiger partial charge in [0, 0.05) is 37.7 Å². The fraction of sp³-hybridized carbons (Fsp3) is 0.778. The summed E-state index contributed by atoms with van der Waals surface area (Å²) < 4.78 is 42.9. The van der Waals surface area contributed by atoms with Gasteiger partial charge in [0.1, 0.15) is 6.54 Å². The zero-order valence-electron chi connectivity index (χ0n) is 16.3. The standard InChI is InChI=1S/C18H30F3N5O/c1-4-13(5-2)16-9-15(27-25-16)10-23-17(22-6-3)24-14-7-8-26(11-14)12-18(19,20)21/h9,13-14H,4-8,10-12H2,1-3H3,(H2,22,23,24). The minimum atomic E-state index is -4.16. The van der Waals surface area contributed by atoms with Crippen molar-refractivity contribution in [2.45, 2.75) is 64.7 Å². The number of nitrogens with one attached hydrogen (secondary N) is 2. The molecule has 9 heteroatoms. The maximum Gasteiger partial charge on any atom is 0.401 e. The summed E-state index contributed by atoms with van der Waals surface area (Å²) in [6.45, 7) is 7.11. The number of alkyl halides is 3. The van der Waals surface area contributed by atoms with Gasteiger partial charge >= 0.3 is 6.18 Å². The van der Waals surface area contributed by atoms with Crippen LogP contribution >= 0.6 is 0 Å². The molecule has 1 aromatic heterocycles. The summed E-state index contributed by atoms with van der Waals surface area (Å²) in [6.07, 6.45) is -1.49. The van der Waals surface area contributed by atoms with E-state index in [2.05, 4.69) is 34.6 Å². The summed E-state index contributed by atoms with van der Waals surface area (Å²) in [6, 6.07) is 1.88. The van der Waals surface area contributed by atoms with Crippen LogP contribution in [0.4, 0.5) is 13.2 Å². The van der Waals surface area contributed by atoms with E-state index in [0.717, 1.165) is 18.5 Å². The number of hydrogen-bond acceptors (Lipinski definition) is 4. The largest absolute Gasteiger partial charge is 0.401 e. The van der Waals surface area contributed by atoms with Crippen LogP contribution in [0.25, 0.3) is 0 Å². The third kappa shape index (κ3) is 7.04. The molecule has 2 rings (SSSR count). The maximum absolute atomic E-state index is 12.5. The van der Waals surface area contributed by atoms with Gasteiger partial charge in [-0.2, -0.15) is 13.2 Å². The fourth-order valence-corrected chi connectivity index (χ4v) is 3.32. The Labute approximate surface area is 158 Å². The molecule has 0 aliphatic carbocycles. The first-order valence-corrected chi connectivity index (χ1v) is 9.64. The van der Waals surface area contributed by atoms with Crippen molar-refractivity contribution in [3.63, 3.8) is 0 Å². The van der Waals surface area contributed by atoms with Gasteiger partial charge in [-0.05, 0) is 26.2 Å². The Morgan fingerprint density at radius 1 is 1.37 bits per heavy atom. The molecule has 1 fully saturated rings. The smallest absolute Gasteiger partial charge is 0.359 e. The first-order valence-electron chi connectivity index (χ1n) is 9.64. The molecule has 154 valence electrons. The minimum absolute atomic E-state index is 0.0556. The van der Waals surface area contributed by atoms with Gasteiger partial charge in [-0.1, -0.05) is 19.0 Å². The average molecular weight is 389 g/mol.